The average molecular weight is 256 g/mol. The highest BCUT2D eigenvalue weighted by atomic mass is 79.9. The Morgan fingerprint density at radius 2 is 2.21 bits per heavy atom. The molecule has 0 saturated carbocycles. The fourth-order valence-corrected chi connectivity index (χ4v) is 1.31. The van der Waals surface area contributed by atoms with E-state index in [1.165, 1.54) is 0 Å². The van der Waals surface area contributed by atoms with Gasteiger partial charge in [0, 0.05) is 6.42 Å². The molecule has 0 aliphatic rings. The molecule has 1 nitrogen and oxygen atoms in total. The van der Waals surface area contributed by atoms with Gasteiger partial charge in [-0.2, -0.15) is 0 Å². The Morgan fingerprint density at radius 1 is 1.43 bits per heavy atom. The third kappa shape index (κ3) is 3.13. The van der Waals surface area contributed by atoms with Crippen molar-refractivity contribution in [1.82, 2.24) is 0 Å². The molecule has 1 rings (SSSR count). The molecule has 0 aliphatic heterocycles. The van der Waals surface area contributed by atoms with E-state index >= 15 is 0 Å². The third-order valence-corrected chi connectivity index (χ3v) is 2.29. The summed E-state index contributed by atoms with van der Waals surface area (Å²) in [5.41, 5.74) is 5.74. The van der Waals surface area contributed by atoms with Gasteiger partial charge in [-0.05, 0) is 41.0 Å². The molecule has 0 fully saturated rings. The predicted octanol–water partition coefficient (Wildman–Crippen LogP) is 2.68. The summed E-state index contributed by atoms with van der Waals surface area (Å²) in [5, 5.41) is 0. The number of unbranched alkanes of at least 4 members (excludes halogenated alkanes) is 1. The summed E-state index contributed by atoms with van der Waals surface area (Å²) < 4.78 is 13.8. The first-order valence-corrected chi connectivity index (χ1v) is 5.18. The fraction of sp³-hybridized carbons (Fsp3) is 0.273. The Hall–Kier alpha value is -0.850. The lowest BCUT2D eigenvalue weighted by atomic mass is 10.2. The van der Waals surface area contributed by atoms with E-state index in [2.05, 4.69) is 27.8 Å². The Balaban J connectivity index is 2.74. The van der Waals surface area contributed by atoms with E-state index in [-0.39, 0.29) is 5.82 Å². The lowest BCUT2D eigenvalue weighted by Crippen LogP contribution is -1.96. The molecule has 3 heteroatoms. The number of nitrogens with two attached hydrogens (primary N) is 1. The monoisotopic (exact) mass is 255 g/mol. The van der Waals surface area contributed by atoms with Gasteiger partial charge in [-0.1, -0.05) is 17.9 Å². The number of hydrogen-bond acceptors (Lipinski definition) is 1. The van der Waals surface area contributed by atoms with Crippen molar-refractivity contribution in [2.45, 2.75) is 12.8 Å². The van der Waals surface area contributed by atoms with Crippen molar-refractivity contribution in [1.29, 1.82) is 0 Å². The van der Waals surface area contributed by atoms with Crippen LogP contribution in [0.3, 0.4) is 0 Å². The fourth-order valence-electron chi connectivity index (χ4n) is 0.949. The number of halogens is 2. The van der Waals surface area contributed by atoms with Gasteiger partial charge in [0.05, 0.1) is 10.0 Å². The largest absolute Gasteiger partial charge is 0.330 e. The van der Waals surface area contributed by atoms with Gasteiger partial charge in [0.1, 0.15) is 0 Å². The summed E-state index contributed by atoms with van der Waals surface area (Å²) in [6.45, 7) is 0.621. The highest BCUT2D eigenvalue weighted by Gasteiger charge is 2.01. The average Bonchev–Trinajstić information content (AvgIpc) is 2.19. The van der Waals surface area contributed by atoms with Crippen molar-refractivity contribution >= 4 is 15.9 Å². The number of rotatable bonds is 2. The molecule has 0 saturated heterocycles. The molecule has 0 radical (unpaired) electrons. The molecule has 0 heterocycles. The van der Waals surface area contributed by atoms with E-state index in [1.807, 2.05) is 0 Å². The molecule has 2 N–H and O–H groups in total. The minimum Gasteiger partial charge on any atom is -0.330 e. The number of benzene rings is 1. The molecule has 0 amide bonds. The Kier molecular flexibility index (Phi) is 4.64. The molecule has 14 heavy (non-hydrogen) atoms. The van der Waals surface area contributed by atoms with Crippen LogP contribution in [0.5, 0.6) is 0 Å². The summed E-state index contributed by atoms with van der Waals surface area (Å²) in [7, 11) is 0. The van der Waals surface area contributed by atoms with Crippen LogP contribution < -0.4 is 5.73 Å². The first-order chi connectivity index (χ1) is 6.75. The van der Waals surface area contributed by atoms with Crippen molar-refractivity contribution in [3.63, 3.8) is 0 Å². The van der Waals surface area contributed by atoms with Gasteiger partial charge in [0.25, 0.3) is 0 Å². The quantitative estimate of drug-likeness (QED) is 0.639. The van der Waals surface area contributed by atoms with E-state index in [1.54, 1.807) is 18.2 Å². The molecular weight excluding hydrogens is 245 g/mol. The third-order valence-electron chi connectivity index (χ3n) is 1.68. The summed E-state index contributed by atoms with van der Waals surface area (Å²) >= 11 is 3.11. The van der Waals surface area contributed by atoms with Crippen molar-refractivity contribution in [3.05, 3.63) is 34.1 Å². The molecule has 0 atom stereocenters. The van der Waals surface area contributed by atoms with E-state index in [9.17, 15) is 4.39 Å². The second kappa shape index (κ2) is 5.79. The minimum atomic E-state index is -0.298. The van der Waals surface area contributed by atoms with Crippen LogP contribution in [0.4, 0.5) is 4.39 Å². The zero-order chi connectivity index (χ0) is 10.4. The van der Waals surface area contributed by atoms with Gasteiger partial charge in [0.2, 0.25) is 0 Å². The summed E-state index contributed by atoms with van der Waals surface area (Å²) in [6, 6.07) is 5.08. The minimum absolute atomic E-state index is 0.298. The van der Waals surface area contributed by atoms with Gasteiger partial charge in [-0.3, -0.25) is 0 Å². The van der Waals surface area contributed by atoms with Gasteiger partial charge in [0.15, 0.2) is 5.82 Å². The van der Waals surface area contributed by atoms with Gasteiger partial charge in [-0.25, -0.2) is 4.39 Å². The van der Waals surface area contributed by atoms with Crippen LogP contribution in [0.1, 0.15) is 18.4 Å². The maximum atomic E-state index is 13.3. The van der Waals surface area contributed by atoms with Crippen molar-refractivity contribution in [2.24, 2.45) is 5.73 Å². The highest BCUT2D eigenvalue weighted by Crippen LogP contribution is 2.17. The molecule has 0 unspecified atom stereocenters. The Labute approximate surface area is 91.6 Å². The van der Waals surface area contributed by atoms with Crippen LogP contribution in [-0.4, -0.2) is 6.54 Å². The van der Waals surface area contributed by atoms with Crippen LogP contribution in [0.25, 0.3) is 0 Å². The maximum absolute atomic E-state index is 13.3. The van der Waals surface area contributed by atoms with E-state index in [0.29, 0.717) is 23.0 Å². The second-order valence-electron chi connectivity index (χ2n) is 2.80. The summed E-state index contributed by atoms with van der Waals surface area (Å²) in [4.78, 5) is 0. The predicted molar refractivity (Wildman–Crippen MR) is 59.3 cm³/mol. The molecule has 0 aromatic heterocycles. The topological polar surface area (TPSA) is 26.0 Å². The molecule has 0 aliphatic carbocycles. The zero-order valence-electron chi connectivity index (χ0n) is 7.69. The van der Waals surface area contributed by atoms with E-state index in [0.717, 1.165) is 6.42 Å². The van der Waals surface area contributed by atoms with Gasteiger partial charge in [-0.15, -0.1) is 0 Å². The smallest absolute Gasteiger partial charge is 0.152 e. The summed E-state index contributed by atoms with van der Waals surface area (Å²) in [6.07, 6.45) is 1.56. The molecule has 1 aromatic rings. The zero-order valence-corrected chi connectivity index (χ0v) is 9.27. The molecule has 0 spiro atoms. The second-order valence-corrected chi connectivity index (χ2v) is 3.65. The normalized spacial score (nSPS) is 9.36. The van der Waals surface area contributed by atoms with Crippen molar-refractivity contribution < 1.29 is 4.39 Å². The molecule has 0 bridgehead atoms. The maximum Gasteiger partial charge on any atom is 0.152 e. The van der Waals surface area contributed by atoms with E-state index in [4.69, 9.17) is 5.73 Å². The standard InChI is InChI=1S/C11H11BrFN/c12-10-7-4-6-9(11(10)13)5-2-1-3-8-14/h4,6-7H,1,3,8,14H2. The van der Waals surface area contributed by atoms with Crippen molar-refractivity contribution in [3.8, 4) is 11.8 Å². The molecule has 74 valence electrons. The Morgan fingerprint density at radius 3 is 2.93 bits per heavy atom. The number of hydrogen-bond donors (Lipinski definition) is 1. The van der Waals surface area contributed by atoms with Crippen LogP contribution in [-0.2, 0) is 0 Å². The van der Waals surface area contributed by atoms with Gasteiger partial charge >= 0.3 is 0 Å². The van der Waals surface area contributed by atoms with Crippen LogP contribution in [0.2, 0.25) is 0 Å². The summed E-state index contributed by atoms with van der Waals surface area (Å²) in [5.74, 6) is 5.36. The lowest BCUT2D eigenvalue weighted by Gasteiger charge is -1.95. The van der Waals surface area contributed by atoms with Crippen LogP contribution in [0, 0.1) is 17.7 Å². The Bertz CT molecular complexity index is 365. The van der Waals surface area contributed by atoms with E-state index < -0.39 is 0 Å². The first-order valence-electron chi connectivity index (χ1n) is 4.38. The first kappa shape index (κ1) is 11.2. The van der Waals surface area contributed by atoms with Crippen molar-refractivity contribution in [2.75, 3.05) is 6.54 Å². The lowest BCUT2D eigenvalue weighted by molar-refractivity contribution is 0.617. The van der Waals surface area contributed by atoms with Crippen LogP contribution in [0.15, 0.2) is 22.7 Å². The van der Waals surface area contributed by atoms with Gasteiger partial charge < -0.3 is 5.73 Å². The van der Waals surface area contributed by atoms with Crippen LogP contribution >= 0.6 is 15.9 Å². The molecular formula is C11H11BrFN. The highest BCUT2D eigenvalue weighted by molar-refractivity contribution is 9.10. The SMILES string of the molecule is NCCCC#Cc1cccc(Br)c1F. The molecule has 1 aromatic carbocycles.